The van der Waals surface area contributed by atoms with Gasteiger partial charge in [-0.3, -0.25) is 4.79 Å². The van der Waals surface area contributed by atoms with E-state index < -0.39 is 5.60 Å². The lowest BCUT2D eigenvalue weighted by atomic mass is 9.89. The molecule has 1 saturated carbocycles. The first-order valence-corrected chi connectivity index (χ1v) is 7.25. The molecule has 0 bridgehead atoms. The van der Waals surface area contributed by atoms with Gasteiger partial charge in [0, 0.05) is 4.47 Å². The molecular weight excluding hydrogens is 310 g/mol. The monoisotopic (exact) mass is 325 g/mol. The molecule has 19 heavy (non-hydrogen) atoms. The molecule has 0 aromatic heterocycles. The third kappa shape index (κ3) is 2.77. The zero-order valence-corrected chi connectivity index (χ0v) is 12.1. The zero-order chi connectivity index (χ0) is 13.5. The Hall–Kier alpha value is -1.07. The molecule has 5 heteroatoms. The van der Waals surface area contributed by atoms with Gasteiger partial charge in [0.2, 0.25) is 0 Å². The number of halogens is 1. The van der Waals surface area contributed by atoms with Gasteiger partial charge in [-0.25, -0.2) is 0 Å². The lowest BCUT2D eigenvalue weighted by molar-refractivity contribution is -0.161. The fourth-order valence-corrected chi connectivity index (χ4v) is 2.70. The second-order valence-electron chi connectivity index (χ2n) is 5.37. The summed E-state index contributed by atoms with van der Waals surface area (Å²) in [5, 5.41) is 10.1. The summed E-state index contributed by atoms with van der Waals surface area (Å²) in [5.41, 5.74) is -0.618. The highest BCUT2D eigenvalue weighted by atomic mass is 79.9. The molecule has 2 fully saturated rings. The largest absolute Gasteiger partial charge is 0.484 e. The molecule has 0 atom stereocenters. The van der Waals surface area contributed by atoms with Crippen molar-refractivity contribution in [3.05, 3.63) is 28.7 Å². The van der Waals surface area contributed by atoms with Gasteiger partial charge in [-0.1, -0.05) is 15.9 Å². The number of carbonyl (C=O) groups is 1. The summed E-state index contributed by atoms with van der Waals surface area (Å²) >= 11 is 3.34. The molecular formula is C14H16BrNO3. The first kappa shape index (κ1) is 12.9. The van der Waals surface area contributed by atoms with Crippen LogP contribution in [0.15, 0.2) is 28.7 Å². The van der Waals surface area contributed by atoms with Gasteiger partial charge in [0.15, 0.2) is 6.61 Å². The molecule has 1 heterocycles. The number of ether oxygens (including phenoxy) is 1. The molecule has 2 aliphatic rings. The quantitative estimate of drug-likeness (QED) is 0.918. The van der Waals surface area contributed by atoms with Crippen LogP contribution < -0.4 is 4.74 Å². The molecule has 3 rings (SSSR count). The summed E-state index contributed by atoms with van der Waals surface area (Å²) in [6.45, 7) is 0.947. The van der Waals surface area contributed by atoms with Crippen LogP contribution in [0, 0.1) is 5.92 Å². The third-order valence-corrected chi connectivity index (χ3v) is 4.32. The highest BCUT2D eigenvalue weighted by molar-refractivity contribution is 9.10. The van der Waals surface area contributed by atoms with Crippen LogP contribution in [0.1, 0.15) is 12.8 Å². The van der Waals surface area contributed by atoms with Crippen LogP contribution in [0.4, 0.5) is 0 Å². The summed E-state index contributed by atoms with van der Waals surface area (Å²) in [6, 6.07) is 7.37. The average molecular weight is 326 g/mol. The van der Waals surface area contributed by atoms with Crippen molar-refractivity contribution in [1.82, 2.24) is 4.90 Å². The molecule has 0 spiro atoms. The van der Waals surface area contributed by atoms with E-state index in [-0.39, 0.29) is 12.5 Å². The Kier molecular flexibility index (Phi) is 3.27. The summed E-state index contributed by atoms with van der Waals surface area (Å²) in [6.07, 6.45) is 2.18. The Balaban J connectivity index is 1.46. The maximum atomic E-state index is 11.9. The molecule has 1 aliphatic heterocycles. The van der Waals surface area contributed by atoms with E-state index in [9.17, 15) is 9.90 Å². The number of rotatable bonds is 4. The molecule has 1 aromatic carbocycles. The van der Waals surface area contributed by atoms with Crippen LogP contribution in [-0.2, 0) is 4.79 Å². The number of aliphatic hydroxyl groups is 1. The molecule has 1 aliphatic carbocycles. The zero-order valence-electron chi connectivity index (χ0n) is 10.5. The number of hydrogen-bond acceptors (Lipinski definition) is 3. The summed E-state index contributed by atoms with van der Waals surface area (Å²) in [5.74, 6) is 1.02. The molecule has 1 N–H and O–H groups in total. The third-order valence-electron chi connectivity index (χ3n) is 3.80. The summed E-state index contributed by atoms with van der Waals surface area (Å²) < 4.78 is 6.41. The Morgan fingerprint density at radius 1 is 1.37 bits per heavy atom. The normalized spacial score (nSPS) is 20.8. The minimum Gasteiger partial charge on any atom is -0.484 e. The number of likely N-dealkylation sites (tertiary alicyclic amines) is 1. The fourth-order valence-electron chi connectivity index (χ4n) is 2.44. The first-order chi connectivity index (χ1) is 9.07. The first-order valence-electron chi connectivity index (χ1n) is 6.45. The van der Waals surface area contributed by atoms with Crippen molar-refractivity contribution in [3.63, 3.8) is 0 Å². The van der Waals surface area contributed by atoms with Crippen LogP contribution >= 0.6 is 15.9 Å². The van der Waals surface area contributed by atoms with E-state index in [1.54, 1.807) is 4.90 Å². The van der Waals surface area contributed by atoms with E-state index in [0.717, 1.165) is 17.3 Å². The minimum absolute atomic E-state index is 0.0301. The number of carbonyl (C=O) groups excluding carboxylic acids is 1. The van der Waals surface area contributed by atoms with Gasteiger partial charge < -0.3 is 14.7 Å². The van der Waals surface area contributed by atoms with Gasteiger partial charge in [-0.15, -0.1) is 0 Å². The van der Waals surface area contributed by atoms with Crippen LogP contribution in [-0.4, -0.2) is 41.2 Å². The van der Waals surface area contributed by atoms with Crippen molar-refractivity contribution in [2.24, 2.45) is 5.92 Å². The number of β-amino-alcohol motifs (C(OH)–C–C–N with tert-alkyl or cyclic N) is 1. The maximum absolute atomic E-state index is 11.9. The lowest BCUT2D eigenvalue weighted by Gasteiger charge is -2.46. The van der Waals surface area contributed by atoms with E-state index in [0.29, 0.717) is 24.8 Å². The Labute approximate surface area is 120 Å². The van der Waals surface area contributed by atoms with Gasteiger partial charge in [0.1, 0.15) is 11.4 Å². The Morgan fingerprint density at radius 3 is 2.58 bits per heavy atom. The summed E-state index contributed by atoms with van der Waals surface area (Å²) in [4.78, 5) is 13.5. The van der Waals surface area contributed by atoms with Gasteiger partial charge in [-0.2, -0.15) is 0 Å². The van der Waals surface area contributed by atoms with Gasteiger partial charge in [-0.05, 0) is 43.0 Å². The van der Waals surface area contributed by atoms with E-state index >= 15 is 0 Å². The van der Waals surface area contributed by atoms with E-state index in [1.165, 1.54) is 0 Å². The molecule has 1 amide bonds. The van der Waals surface area contributed by atoms with Crippen molar-refractivity contribution in [3.8, 4) is 5.75 Å². The van der Waals surface area contributed by atoms with Crippen LogP contribution in [0.25, 0.3) is 0 Å². The van der Waals surface area contributed by atoms with E-state index in [1.807, 2.05) is 24.3 Å². The smallest absolute Gasteiger partial charge is 0.260 e. The van der Waals surface area contributed by atoms with Crippen molar-refractivity contribution in [1.29, 1.82) is 0 Å². The van der Waals surface area contributed by atoms with Crippen molar-refractivity contribution >= 4 is 21.8 Å². The molecule has 1 saturated heterocycles. The predicted molar refractivity (Wildman–Crippen MR) is 73.9 cm³/mol. The molecule has 0 unspecified atom stereocenters. The SMILES string of the molecule is O=C(COc1ccc(Br)cc1)N1CC(O)(C2CC2)C1. The predicted octanol–water partition coefficient (Wildman–Crippen LogP) is 1.81. The minimum atomic E-state index is -0.618. The Morgan fingerprint density at radius 2 is 2.00 bits per heavy atom. The second kappa shape index (κ2) is 4.80. The van der Waals surface area contributed by atoms with Crippen LogP contribution in [0.5, 0.6) is 5.75 Å². The highest BCUT2D eigenvalue weighted by Crippen LogP contribution is 2.44. The van der Waals surface area contributed by atoms with Crippen molar-refractivity contribution < 1.29 is 14.6 Å². The number of hydrogen-bond donors (Lipinski definition) is 1. The fraction of sp³-hybridized carbons (Fsp3) is 0.500. The summed E-state index contributed by atoms with van der Waals surface area (Å²) in [7, 11) is 0. The highest BCUT2D eigenvalue weighted by Gasteiger charge is 2.53. The molecule has 4 nitrogen and oxygen atoms in total. The van der Waals surface area contributed by atoms with Crippen molar-refractivity contribution in [2.75, 3.05) is 19.7 Å². The van der Waals surface area contributed by atoms with E-state index in [4.69, 9.17) is 4.74 Å². The second-order valence-corrected chi connectivity index (χ2v) is 6.29. The van der Waals surface area contributed by atoms with Crippen molar-refractivity contribution in [2.45, 2.75) is 18.4 Å². The Bertz CT molecular complexity index is 478. The van der Waals surface area contributed by atoms with E-state index in [2.05, 4.69) is 15.9 Å². The van der Waals surface area contributed by atoms with Gasteiger partial charge >= 0.3 is 0 Å². The van der Waals surface area contributed by atoms with Gasteiger partial charge in [0.25, 0.3) is 5.91 Å². The molecule has 0 radical (unpaired) electrons. The molecule has 1 aromatic rings. The topological polar surface area (TPSA) is 49.8 Å². The average Bonchev–Trinajstić information content (AvgIpc) is 3.18. The van der Waals surface area contributed by atoms with Crippen LogP contribution in [0.2, 0.25) is 0 Å². The van der Waals surface area contributed by atoms with Gasteiger partial charge in [0.05, 0.1) is 13.1 Å². The number of nitrogens with zero attached hydrogens (tertiary/aromatic N) is 1. The number of benzene rings is 1. The maximum Gasteiger partial charge on any atom is 0.260 e. The number of amides is 1. The lowest BCUT2D eigenvalue weighted by Crippen LogP contribution is -2.65. The molecule has 102 valence electrons. The standard InChI is InChI=1S/C14H16BrNO3/c15-11-3-5-12(6-4-11)19-7-13(17)16-8-14(18,9-16)10-1-2-10/h3-6,10,18H,1-2,7-9H2. The van der Waals surface area contributed by atoms with Crippen LogP contribution in [0.3, 0.4) is 0 Å².